The SMILES string of the molecule is CN1C(=O)C2(CCN(c3nc4c(CO)cccc4c(=O)[nH]3)CC2)c2ccccc21. The number of hydrogen-bond donors (Lipinski definition) is 2. The van der Waals surface area contributed by atoms with Gasteiger partial charge in [0.25, 0.3) is 5.56 Å². The first-order valence-electron chi connectivity index (χ1n) is 9.80. The molecule has 0 radical (unpaired) electrons. The van der Waals surface area contributed by atoms with Crippen LogP contribution in [-0.4, -0.2) is 41.1 Å². The molecule has 7 nitrogen and oxygen atoms in total. The van der Waals surface area contributed by atoms with Gasteiger partial charge in [0, 0.05) is 31.4 Å². The number of anilines is 2. The van der Waals surface area contributed by atoms with E-state index in [-0.39, 0.29) is 18.1 Å². The average Bonchev–Trinajstić information content (AvgIpc) is 2.96. The van der Waals surface area contributed by atoms with Crippen molar-refractivity contribution in [1.82, 2.24) is 9.97 Å². The number of H-pyrrole nitrogens is 1. The van der Waals surface area contributed by atoms with Gasteiger partial charge in [-0.15, -0.1) is 0 Å². The van der Waals surface area contributed by atoms with E-state index < -0.39 is 5.41 Å². The van der Waals surface area contributed by atoms with Crippen molar-refractivity contribution in [3.05, 3.63) is 63.9 Å². The van der Waals surface area contributed by atoms with Crippen LogP contribution in [0.4, 0.5) is 11.6 Å². The van der Waals surface area contributed by atoms with Crippen LogP contribution in [0.3, 0.4) is 0 Å². The molecular weight excluding hydrogens is 368 g/mol. The summed E-state index contributed by atoms with van der Waals surface area (Å²) in [5.41, 5.74) is 2.50. The maximum absolute atomic E-state index is 13.1. The molecule has 1 saturated heterocycles. The number of likely N-dealkylation sites (N-methyl/N-ethyl adjacent to an activating group) is 1. The standard InChI is InChI=1S/C22H22N4O3/c1-25-17-8-3-2-7-16(17)22(20(25)29)9-11-26(12-10-22)21-23-18-14(13-27)5-4-6-15(18)19(28)24-21/h2-8,27H,9-13H2,1H3,(H,23,24,28). The molecule has 2 aromatic carbocycles. The first kappa shape index (κ1) is 17.9. The van der Waals surface area contributed by atoms with Crippen molar-refractivity contribution in [2.45, 2.75) is 24.9 Å². The normalized spacial score (nSPS) is 17.9. The molecule has 1 aromatic heterocycles. The minimum absolute atomic E-state index is 0.140. The number of rotatable bonds is 2. The van der Waals surface area contributed by atoms with Crippen LogP contribution in [0, 0.1) is 0 Å². The molecule has 3 aromatic rings. The first-order valence-corrected chi connectivity index (χ1v) is 9.80. The maximum atomic E-state index is 13.1. The van der Waals surface area contributed by atoms with E-state index in [1.54, 1.807) is 23.1 Å². The predicted molar refractivity (Wildman–Crippen MR) is 111 cm³/mol. The molecule has 0 saturated carbocycles. The number of benzene rings is 2. The van der Waals surface area contributed by atoms with Crippen molar-refractivity contribution in [2.24, 2.45) is 0 Å². The van der Waals surface area contributed by atoms with E-state index in [1.165, 1.54) is 0 Å². The zero-order valence-electron chi connectivity index (χ0n) is 16.2. The molecule has 0 bridgehead atoms. The Morgan fingerprint density at radius 3 is 2.62 bits per heavy atom. The fourth-order valence-corrected chi connectivity index (χ4v) is 4.79. The lowest BCUT2D eigenvalue weighted by molar-refractivity contribution is -0.123. The van der Waals surface area contributed by atoms with Crippen molar-refractivity contribution in [3.8, 4) is 0 Å². The summed E-state index contributed by atoms with van der Waals surface area (Å²) in [7, 11) is 1.83. The number of nitrogens with zero attached hydrogens (tertiary/aromatic N) is 3. The van der Waals surface area contributed by atoms with E-state index in [2.05, 4.69) is 16.0 Å². The number of piperidine rings is 1. The summed E-state index contributed by atoms with van der Waals surface area (Å²) in [4.78, 5) is 36.9. The fraction of sp³-hybridized carbons (Fsp3) is 0.318. The van der Waals surface area contributed by atoms with Crippen molar-refractivity contribution >= 4 is 28.4 Å². The van der Waals surface area contributed by atoms with Crippen LogP contribution in [-0.2, 0) is 16.8 Å². The van der Waals surface area contributed by atoms with Gasteiger partial charge in [0.1, 0.15) is 0 Å². The molecule has 1 amide bonds. The molecular formula is C22H22N4O3. The number of para-hydroxylation sites is 2. The van der Waals surface area contributed by atoms with E-state index in [1.807, 2.05) is 30.1 Å². The number of aromatic nitrogens is 2. The maximum Gasteiger partial charge on any atom is 0.260 e. The summed E-state index contributed by atoms with van der Waals surface area (Å²) in [6.45, 7) is 1.06. The smallest absolute Gasteiger partial charge is 0.260 e. The van der Waals surface area contributed by atoms with Gasteiger partial charge in [0.15, 0.2) is 0 Å². The second-order valence-corrected chi connectivity index (χ2v) is 7.81. The van der Waals surface area contributed by atoms with Gasteiger partial charge in [0.2, 0.25) is 11.9 Å². The van der Waals surface area contributed by atoms with Crippen LogP contribution < -0.4 is 15.4 Å². The summed E-state index contributed by atoms with van der Waals surface area (Å²) in [6, 6.07) is 13.2. The van der Waals surface area contributed by atoms with Crippen LogP contribution >= 0.6 is 0 Å². The van der Waals surface area contributed by atoms with Crippen LogP contribution in [0.1, 0.15) is 24.0 Å². The Balaban J connectivity index is 1.49. The zero-order chi connectivity index (χ0) is 20.2. The Bertz CT molecular complexity index is 1180. The molecule has 1 spiro atoms. The fourth-order valence-electron chi connectivity index (χ4n) is 4.79. The van der Waals surface area contributed by atoms with Gasteiger partial charge in [-0.2, -0.15) is 0 Å². The van der Waals surface area contributed by atoms with Gasteiger partial charge < -0.3 is 14.9 Å². The van der Waals surface area contributed by atoms with Crippen molar-refractivity contribution in [1.29, 1.82) is 0 Å². The molecule has 3 heterocycles. The number of amides is 1. The number of aliphatic hydroxyl groups is 1. The minimum atomic E-state index is -0.505. The Hall–Kier alpha value is -3.19. The highest BCUT2D eigenvalue weighted by molar-refractivity contribution is 6.08. The lowest BCUT2D eigenvalue weighted by atomic mass is 9.73. The molecule has 2 N–H and O–H groups in total. The third-order valence-electron chi connectivity index (χ3n) is 6.39. The zero-order valence-corrected chi connectivity index (χ0v) is 16.2. The second-order valence-electron chi connectivity index (χ2n) is 7.81. The van der Waals surface area contributed by atoms with Gasteiger partial charge in [0.05, 0.1) is 22.9 Å². The van der Waals surface area contributed by atoms with Gasteiger partial charge in [-0.3, -0.25) is 14.6 Å². The van der Waals surface area contributed by atoms with Crippen LogP contribution in [0.15, 0.2) is 47.3 Å². The number of hydrogen-bond acceptors (Lipinski definition) is 5. The largest absolute Gasteiger partial charge is 0.392 e. The number of aromatic amines is 1. The first-order chi connectivity index (χ1) is 14.0. The molecule has 1 fully saturated rings. The van der Waals surface area contributed by atoms with E-state index in [0.717, 1.165) is 11.3 Å². The molecule has 148 valence electrons. The predicted octanol–water partition coefficient (Wildman–Crippen LogP) is 1.93. The monoisotopic (exact) mass is 390 g/mol. The highest BCUT2D eigenvalue weighted by Gasteiger charge is 2.51. The number of nitrogens with one attached hydrogen (secondary N) is 1. The summed E-state index contributed by atoms with van der Waals surface area (Å²) in [6.07, 6.45) is 1.33. The van der Waals surface area contributed by atoms with Gasteiger partial charge in [-0.25, -0.2) is 4.98 Å². The van der Waals surface area contributed by atoms with Gasteiger partial charge >= 0.3 is 0 Å². The molecule has 2 aliphatic rings. The molecule has 5 rings (SSSR count). The van der Waals surface area contributed by atoms with Crippen LogP contribution in [0.5, 0.6) is 0 Å². The van der Waals surface area contributed by atoms with E-state index in [0.29, 0.717) is 48.3 Å². The van der Waals surface area contributed by atoms with Crippen LogP contribution in [0.2, 0.25) is 0 Å². The lowest BCUT2D eigenvalue weighted by Crippen LogP contribution is -2.48. The third-order valence-corrected chi connectivity index (χ3v) is 6.39. The van der Waals surface area contributed by atoms with Crippen LogP contribution in [0.25, 0.3) is 10.9 Å². The topological polar surface area (TPSA) is 89.5 Å². The number of carbonyl (C=O) groups is 1. The molecule has 29 heavy (non-hydrogen) atoms. The van der Waals surface area contributed by atoms with Gasteiger partial charge in [-0.05, 0) is 30.5 Å². The Morgan fingerprint density at radius 1 is 1.10 bits per heavy atom. The summed E-state index contributed by atoms with van der Waals surface area (Å²) in [5.74, 6) is 0.631. The molecule has 0 unspecified atom stereocenters. The highest BCUT2D eigenvalue weighted by atomic mass is 16.3. The van der Waals surface area contributed by atoms with Gasteiger partial charge in [-0.1, -0.05) is 30.3 Å². The molecule has 7 heteroatoms. The third kappa shape index (κ3) is 2.50. The molecule has 0 aliphatic carbocycles. The molecule has 0 atom stereocenters. The summed E-state index contributed by atoms with van der Waals surface area (Å²) < 4.78 is 0. The minimum Gasteiger partial charge on any atom is -0.392 e. The Morgan fingerprint density at radius 2 is 1.86 bits per heavy atom. The lowest BCUT2D eigenvalue weighted by Gasteiger charge is -2.38. The molecule has 2 aliphatic heterocycles. The van der Waals surface area contributed by atoms with Crippen molar-refractivity contribution in [2.75, 3.05) is 29.9 Å². The number of fused-ring (bicyclic) bond motifs is 3. The van der Waals surface area contributed by atoms with E-state index in [9.17, 15) is 14.7 Å². The Kier molecular flexibility index (Phi) is 3.96. The summed E-state index contributed by atoms with van der Waals surface area (Å²) in [5, 5.41) is 10.1. The average molecular weight is 390 g/mol. The van der Waals surface area contributed by atoms with Crippen molar-refractivity contribution < 1.29 is 9.90 Å². The Labute approximate surface area is 167 Å². The summed E-state index contributed by atoms with van der Waals surface area (Å²) >= 11 is 0. The highest BCUT2D eigenvalue weighted by Crippen LogP contribution is 2.47. The van der Waals surface area contributed by atoms with E-state index >= 15 is 0 Å². The number of aliphatic hydroxyl groups excluding tert-OH is 1. The quantitative estimate of drug-likeness (QED) is 0.698. The number of carbonyl (C=O) groups excluding carboxylic acids is 1. The van der Waals surface area contributed by atoms with Crippen molar-refractivity contribution in [3.63, 3.8) is 0 Å². The second kappa shape index (κ2) is 6.42. The van der Waals surface area contributed by atoms with E-state index in [4.69, 9.17) is 0 Å².